The van der Waals surface area contributed by atoms with Crippen molar-refractivity contribution in [2.24, 2.45) is 0 Å². The van der Waals surface area contributed by atoms with Gasteiger partial charge in [0.25, 0.3) is 10.0 Å². The first kappa shape index (κ1) is 36.6. The summed E-state index contributed by atoms with van der Waals surface area (Å²) in [5.74, 6) is -1.00. The van der Waals surface area contributed by atoms with Gasteiger partial charge in [0.1, 0.15) is 12.6 Å². The Morgan fingerprint density at radius 1 is 0.787 bits per heavy atom. The minimum Gasteiger partial charge on any atom is -0.352 e. The lowest BCUT2D eigenvalue weighted by molar-refractivity contribution is -0.140. The molecule has 0 aromatic heterocycles. The third-order valence-electron chi connectivity index (χ3n) is 7.69. The van der Waals surface area contributed by atoms with Crippen LogP contribution in [0.2, 0.25) is 20.1 Å². The Hall–Kier alpha value is -3.27. The summed E-state index contributed by atoms with van der Waals surface area (Å²) in [6.45, 7) is 4.97. The quantitative estimate of drug-likeness (QED) is 0.150. The molecule has 2 amide bonds. The van der Waals surface area contributed by atoms with Gasteiger partial charge >= 0.3 is 0 Å². The number of benzene rings is 4. The van der Waals surface area contributed by atoms with Crippen LogP contribution in [0.25, 0.3) is 0 Å². The summed E-state index contributed by atoms with van der Waals surface area (Å²) in [4.78, 5) is 29.9. The van der Waals surface area contributed by atoms with E-state index in [2.05, 4.69) is 5.32 Å². The van der Waals surface area contributed by atoms with E-state index in [9.17, 15) is 18.0 Å². The van der Waals surface area contributed by atoms with E-state index >= 15 is 0 Å². The Morgan fingerprint density at radius 3 is 2.00 bits per heavy atom. The standard InChI is InChI=1S/C35H35Cl4N3O4S/c1-4-24(3)40-35(44)33(19-25-8-6-5-7-9-25)41(21-26-12-16-29(36)31(38)18-26)34(43)22-42(27-13-17-30(37)32(39)20-27)47(45,46)28-14-10-23(2)11-15-28/h5-18,20,24,33H,4,19,21-22H2,1-3H3,(H,40,44)/t24-,33-/m0/s1. The number of carbonyl (C=O) groups excluding carboxylic acids is 2. The number of sulfonamides is 1. The SMILES string of the molecule is CC[C@H](C)NC(=O)[C@H](Cc1ccccc1)N(Cc1ccc(Cl)c(Cl)c1)C(=O)CN(c1ccc(Cl)c(Cl)c1)S(=O)(=O)c1ccc(C)cc1. The first-order chi connectivity index (χ1) is 22.3. The van der Waals surface area contributed by atoms with Gasteiger partial charge in [-0.3, -0.25) is 13.9 Å². The highest BCUT2D eigenvalue weighted by molar-refractivity contribution is 7.92. The second-order valence-electron chi connectivity index (χ2n) is 11.2. The van der Waals surface area contributed by atoms with Gasteiger partial charge in [0.2, 0.25) is 11.8 Å². The van der Waals surface area contributed by atoms with Crippen LogP contribution in [0.5, 0.6) is 0 Å². The van der Waals surface area contributed by atoms with Crippen molar-refractivity contribution in [3.05, 3.63) is 128 Å². The number of halogens is 4. The first-order valence-corrected chi connectivity index (χ1v) is 17.9. The second-order valence-corrected chi connectivity index (χ2v) is 14.7. The Morgan fingerprint density at radius 2 is 1.40 bits per heavy atom. The van der Waals surface area contributed by atoms with Crippen LogP contribution >= 0.6 is 46.4 Å². The van der Waals surface area contributed by atoms with Crippen molar-refractivity contribution < 1.29 is 18.0 Å². The molecule has 0 unspecified atom stereocenters. The molecular weight excluding hydrogens is 700 g/mol. The maximum Gasteiger partial charge on any atom is 0.264 e. The van der Waals surface area contributed by atoms with E-state index in [1.165, 1.54) is 35.2 Å². The van der Waals surface area contributed by atoms with Crippen molar-refractivity contribution in [1.29, 1.82) is 0 Å². The molecule has 0 fully saturated rings. The molecule has 7 nitrogen and oxygen atoms in total. The Bertz CT molecular complexity index is 1820. The van der Waals surface area contributed by atoms with Crippen molar-refractivity contribution in [1.82, 2.24) is 10.2 Å². The van der Waals surface area contributed by atoms with Crippen LogP contribution in [0, 0.1) is 6.92 Å². The normalized spacial score (nSPS) is 12.7. The minimum atomic E-state index is -4.30. The lowest BCUT2D eigenvalue weighted by atomic mass is 10.0. The number of rotatable bonds is 13. The smallest absolute Gasteiger partial charge is 0.264 e. The Labute approximate surface area is 296 Å². The predicted molar refractivity (Wildman–Crippen MR) is 191 cm³/mol. The largest absolute Gasteiger partial charge is 0.352 e. The fourth-order valence-electron chi connectivity index (χ4n) is 4.84. The van der Waals surface area contributed by atoms with E-state index < -0.39 is 28.5 Å². The summed E-state index contributed by atoms with van der Waals surface area (Å²) in [5.41, 5.74) is 2.42. The highest BCUT2D eigenvalue weighted by atomic mass is 35.5. The van der Waals surface area contributed by atoms with Gasteiger partial charge in [-0.25, -0.2) is 8.42 Å². The van der Waals surface area contributed by atoms with Crippen LogP contribution in [-0.2, 0) is 32.6 Å². The highest BCUT2D eigenvalue weighted by Gasteiger charge is 2.35. The van der Waals surface area contributed by atoms with Gasteiger partial charge in [0.15, 0.2) is 0 Å². The molecule has 12 heteroatoms. The molecule has 0 aliphatic rings. The fraction of sp³-hybridized carbons (Fsp3) is 0.257. The van der Waals surface area contributed by atoms with Gasteiger partial charge in [-0.05, 0) is 73.9 Å². The van der Waals surface area contributed by atoms with Crippen LogP contribution < -0.4 is 9.62 Å². The van der Waals surface area contributed by atoms with Crippen molar-refractivity contribution in [2.45, 2.75) is 57.1 Å². The molecule has 4 rings (SSSR count). The molecule has 4 aromatic carbocycles. The van der Waals surface area contributed by atoms with Gasteiger partial charge in [0.05, 0.1) is 30.7 Å². The number of carbonyl (C=O) groups is 2. The predicted octanol–water partition coefficient (Wildman–Crippen LogP) is 8.36. The molecule has 47 heavy (non-hydrogen) atoms. The average molecular weight is 736 g/mol. The molecule has 0 aliphatic carbocycles. The number of hydrogen-bond donors (Lipinski definition) is 1. The maximum absolute atomic E-state index is 14.6. The van der Waals surface area contributed by atoms with E-state index in [1.54, 1.807) is 30.3 Å². The van der Waals surface area contributed by atoms with E-state index in [4.69, 9.17) is 46.4 Å². The van der Waals surface area contributed by atoms with Gasteiger partial charge < -0.3 is 10.2 Å². The summed E-state index contributed by atoms with van der Waals surface area (Å²) in [6.07, 6.45) is 0.845. The van der Waals surface area contributed by atoms with Gasteiger partial charge in [0, 0.05) is 19.0 Å². The molecule has 0 heterocycles. The maximum atomic E-state index is 14.6. The summed E-state index contributed by atoms with van der Waals surface area (Å²) in [7, 11) is -4.30. The molecule has 0 aliphatic heterocycles. The topological polar surface area (TPSA) is 86.8 Å². The molecule has 0 radical (unpaired) electrons. The molecule has 248 valence electrons. The van der Waals surface area contributed by atoms with Crippen molar-refractivity contribution in [3.8, 4) is 0 Å². The first-order valence-electron chi connectivity index (χ1n) is 14.9. The summed E-state index contributed by atoms with van der Waals surface area (Å²) in [6, 6.07) is 23.7. The molecule has 0 saturated carbocycles. The number of anilines is 1. The Balaban J connectivity index is 1.84. The van der Waals surface area contributed by atoms with Crippen LogP contribution in [0.4, 0.5) is 5.69 Å². The number of nitrogens with zero attached hydrogens (tertiary/aromatic N) is 2. The van der Waals surface area contributed by atoms with Gasteiger partial charge in [-0.1, -0.05) is 107 Å². The molecular formula is C35H35Cl4N3O4S. The number of nitrogens with one attached hydrogen (secondary N) is 1. The number of hydrogen-bond acceptors (Lipinski definition) is 4. The van der Waals surface area contributed by atoms with Crippen molar-refractivity contribution >= 4 is 73.9 Å². The molecule has 0 bridgehead atoms. The fourth-order valence-corrected chi connectivity index (χ4v) is 6.86. The number of aryl methyl sites for hydroxylation is 1. The van der Waals surface area contributed by atoms with Crippen LogP contribution in [0.1, 0.15) is 37.0 Å². The van der Waals surface area contributed by atoms with E-state index in [-0.39, 0.29) is 50.6 Å². The molecule has 4 aromatic rings. The van der Waals surface area contributed by atoms with Crippen molar-refractivity contribution in [3.63, 3.8) is 0 Å². The lowest BCUT2D eigenvalue weighted by Gasteiger charge is -2.34. The Kier molecular flexibility index (Phi) is 12.6. The third kappa shape index (κ3) is 9.42. The second kappa shape index (κ2) is 16.2. The van der Waals surface area contributed by atoms with Crippen LogP contribution in [0.15, 0.2) is 95.9 Å². The van der Waals surface area contributed by atoms with E-state index in [0.717, 1.165) is 15.4 Å². The van der Waals surface area contributed by atoms with E-state index in [0.29, 0.717) is 17.0 Å². The number of amides is 2. The monoisotopic (exact) mass is 733 g/mol. The molecule has 0 spiro atoms. The van der Waals surface area contributed by atoms with Crippen LogP contribution in [-0.4, -0.2) is 43.8 Å². The highest BCUT2D eigenvalue weighted by Crippen LogP contribution is 2.31. The van der Waals surface area contributed by atoms with Crippen molar-refractivity contribution in [2.75, 3.05) is 10.8 Å². The van der Waals surface area contributed by atoms with Crippen LogP contribution in [0.3, 0.4) is 0 Å². The zero-order valence-corrected chi connectivity index (χ0v) is 29.9. The molecule has 0 saturated heterocycles. The zero-order valence-electron chi connectivity index (χ0n) is 26.1. The lowest BCUT2D eigenvalue weighted by Crippen LogP contribution is -2.54. The van der Waals surface area contributed by atoms with Gasteiger partial charge in [-0.2, -0.15) is 0 Å². The van der Waals surface area contributed by atoms with Gasteiger partial charge in [-0.15, -0.1) is 0 Å². The third-order valence-corrected chi connectivity index (χ3v) is 11.0. The molecule has 1 N–H and O–H groups in total. The molecule has 2 atom stereocenters. The average Bonchev–Trinajstić information content (AvgIpc) is 3.05. The summed E-state index contributed by atoms with van der Waals surface area (Å²) < 4.78 is 29.4. The minimum absolute atomic E-state index is 0.0200. The zero-order chi connectivity index (χ0) is 34.3. The summed E-state index contributed by atoms with van der Waals surface area (Å²) in [5, 5.41) is 3.95. The van der Waals surface area contributed by atoms with E-state index in [1.807, 2.05) is 51.1 Å². The summed E-state index contributed by atoms with van der Waals surface area (Å²) >= 11 is 25.0.